The van der Waals surface area contributed by atoms with Crippen molar-refractivity contribution in [3.05, 3.63) is 34.9 Å². The van der Waals surface area contributed by atoms with Crippen molar-refractivity contribution >= 4 is 5.97 Å². The zero-order valence-corrected chi connectivity index (χ0v) is 12.6. The van der Waals surface area contributed by atoms with Crippen LogP contribution in [0.15, 0.2) is 18.2 Å². The number of hydrogen-bond acceptors (Lipinski definition) is 2. The second kappa shape index (κ2) is 6.40. The summed E-state index contributed by atoms with van der Waals surface area (Å²) in [6, 6.07) is 7.11. The lowest BCUT2D eigenvalue weighted by Gasteiger charge is -2.30. The molecule has 3 atom stereocenters. The van der Waals surface area contributed by atoms with Gasteiger partial charge in [-0.05, 0) is 51.2 Å². The van der Waals surface area contributed by atoms with Crippen LogP contribution in [0.1, 0.15) is 55.3 Å². The summed E-state index contributed by atoms with van der Waals surface area (Å²) in [5.74, 6) is -0.816. The maximum Gasteiger partial charge on any atom is 0.306 e. The van der Waals surface area contributed by atoms with E-state index in [0.29, 0.717) is 6.04 Å². The minimum atomic E-state index is -0.643. The predicted molar refractivity (Wildman–Crippen MR) is 80.8 cm³/mol. The van der Waals surface area contributed by atoms with Gasteiger partial charge >= 0.3 is 5.97 Å². The molecule has 3 unspecified atom stereocenters. The lowest BCUT2D eigenvalue weighted by atomic mass is 9.85. The maximum atomic E-state index is 11.1. The molecular weight excluding hydrogens is 250 g/mol. The van der Waals surface area contributed by atoms with Gasteiger partial charge in [0.2, 0.25) is 0 Å². The molecule has 0 bridgehead atoms. The highest BCUT2D eigenvalue weighted by atomic mass is 16.4. The van der Waals surface area contributed by atoms with Gasteiger partial charge in [-0.15, -0.1) is 0 Å². The van der Waals surface area contributed by atoms with Crippen LogP contribution < -0.4 is 5.32 Å². The molecule has 0 aliphatic heterocycles. The van der Waals surface area contributed by atoms with E-state index in [-0.39, 0.29) is 12.0 Å². The Morgan fingerprint density at radius 2 is 2.10 bits per heavy atom. The molecule has 3 heteroatoms. The molecule has 0 amide bonds. The number of benzene rings is 1. The van der Waals surface area contributed by atoms with Crippen molar-refractivity contribution in [2.24, 2.45) is 5.92 Å². The van der Waals surface area contributed by atoms with Crippen LogP contribution in [0.25, 0.3) is 0 Å². The van der Waals surface area contributed by atoms with Crippen molar-refractivity contribution in [3.8, 4) is 0 Å². The van der Waals surface area contributed by atoms with Gasteiger partial charge in [-0.2, -0.15) is 0 Å². The van der Waals surface area contributed by atoms with Crippen LogP contribution in [0, 0.1) is 19.8 Å². The number of carbonyl (C=O) groups is 1. The first-order valence-electron chi connectivity index (χ1n) is 7.53. The van der Waals surface area contributed by atoms with Gasteiger partial charge in [-0.25, -0.2) is 0 Å². The smallest absolute Gasteiger partial charge is 0.306 e. The Bertz CT molecular complexity index is 484. The molecule has 0 heterocycles. The van der Waals surface area contributed by atoms with E-state index < -0.39 is 5.97 Å². The van der Waals surface area contributed by atoms with Crippen LogP contribution >= 0.6 is 0 Å². The van der Waals surface area contributed by atoms with Crippen LogP contribution in [0.5, 0.6) is 0 Å². The Morgan fingerprint density at radius 3 is 2.75 bits per heavy atom. The first-order valence-corrected chi connectivity index (χ1v) is 7.53. The molecule has 1 aromatic rings. The molecule has 2 N–H and O–H groups in total. The molecule has 1 saturated carbocycles. The van der Waals surface area contributed by atoms with Crippen LogP contribution in [0.2, 0.25) is 0 Å². The van der Waals surface area contributed by atoms with Crippen molar-refractivity contribution in [2.75, 3.05) is 0 Å². The van der Waals surface area contributed by atoms with Crippen LogP contribution in [0.3, 0.4) is 0 Å². The van der Waals surface area contributed by atoms with Gasteiger partial charge in [-0.3, -0.25) is 4.79 Å². The fourth-order valence-corrected chi connectivity index (χ4v) is 3.32. The fourth-order valence-electron chi connectivity index (χ4n) is 3.32. The Balaban J connectivity index is 2.00. The molecule has 0 saturated heterocycles. The van der Waals surface area contributed by atoms with E-state index in [2.05, 4.69) is 44.3 Å². The van der Waals surface area contributed by atoms with Crippen molar-refractivity contribution in [2.45, 2.75) is 58.5 Å². The standard InChI is InChI=1S/C17H25NO2/c1-11-7-8-16(12(2)9-11)13(3)18-15-6-4-5-14(10-15)17(19)20/h7-9,13-15,18H,4-6,10H2,1-3H3,(H,19,20). The average molecular weight is 275 g/mol. The molecule has 1 aliphatic carbocycles. The Labute approximate surface area is 121 Å². The van der Waals surface area contributed by atoms with E-state index in [1.807, 2.05) is 0 Å². The summed E-state index contributed by atoms with van der Waals surface area (Å²) >= 11 is 0. The largest absolute Gasteiger partial charge is 0.481 e. The monoisotopic (exact) mass is 275 g/mol. The molecule has 1 fully saturated rings. The highest BCUT2D eigenvalue weighted by Crippen LogP contribution is 2.27. The average Bonchev–Trinajstić information content (AvgIpc) is 2.38. The molecule has 1 aromatic carbocycles. The normalized spacial score (nSPS) is 24.4. The number of hydrogen-bond donors (Lipinski definition) is 2. The molecule has 0 aromatic heterocycles. The first-order chi connectivity index (χ1) is 9.47. The fraction of sp³-hybridized carbons (Fsp3) is 0.588. The SMILES string of the molecule is Cc1ccc(C(C)NC2CCCC(C(=O)O)C2)c(C)c1. The Kier molecular flexibility index (Phi) is 4.81. The third-order valence-corrected chi connectivity index (χ3v) is 4.40. The topological polar surface area (TPSA) is 49.3 Å². The number of nitrogens with one attached hydrogen (secondary N) is 1. The van der Waals surface area contributed by atoms with Crippen molar-refractivity contribution in [1.29, 1.82) is 0 Å². The summed E-state index contributed by atoms with van der Waals surface area (Å²) in [7, 11) is 0. The molecule has 3 nitrogen and oxygen atoms in total. The lowest BCUT2D eigenvalue weighted by molar-refractivity contribution is -0.143. The Morgan fingerprint density at radius 1 is 1.35 bits per heavy atom. The van der Waals surface area contributed by atoms with Gasteiger partial charge in [-0.1, -0.05) is 30.2 Å². The van der Waals surface area contributed by atoms with Gasteiger partial charge in [0.1, 0.15) is 0 Å². The van der Waals surface area contributed by atoms with Crippen LogP contribution in [-0.4, -0.2) is 17.1 Å². The zero-order chi connectivity index (χ0) is 14.7. The van der Waals surface area contributed by atoms with E-state index in [9.17, 15) is 4.79 Å². The summed E-state index contributed by atoms with van der Waals surface area (Å²) < 4.78 is 0. The summed E-state index contributed by atoms with van der Waals surface area (Å²) in [6.45, 7) is 6.41. The van der Waals surface area contributed by atoms with E-state index in [4.69, 9.17) is 5.11 Å². The second-order valence-electron chi connectivity index (χ2n) is 6.15. The maximum absolute atomic E-state index is 11.1. The van der Waals surface area contributed by atoms with E-state index in [1.54, 1.807) is 0 Å². The zero-order valence-electron chi connectivity index (χ0n) is 12.6. The number of carboxylic acids is 1. The molecule has 2 rings (SSSR count). The summed E-state index contributed by atoms with van der Waals surface area (Å²) in [6.07, 6.45) is 3.67. The summed E-state index contributed by atoms with van der Waals surface area (Å²) in [5.41, 5.74) is 3.89. The van der Waals surface area contributed by atoms with E-state index in [1.165, 1.54) is 16.7 Å². The number of aryl methyl sites for hydroxylation is 2. The predicted octanol–water partition coefficient (Wildman–Crippen LogP) is 3.60. The molecule has 0 spiro atoms. The summed E-state index contributed by atoms with van der Waals surface area (Å²) in [4.78, 5) is 11.1. The quantitative estimate of drug-likeness (QED) is 0.882. The highest BCUT2D eigenvalue weighted by molar-refractivity contribution is 5.70. The van der Waals surface area contributed by atoms with Gasteiger partial charge < -0.3 is 10.4 Å². The van der Waals surface area contributed by atoms with Gasteiger partial charge in [0.15, 0.2) is 0 Å². The van der Waals surface area contributed by atoms with Crippen molar-refractivity contribution in [1.82, 2.24) is 5.32 Å². The van der Waals surface area contributed by atoms with Gasteiger partial charge in [0, 0.05) is 12.1 Å². The second-order valence-corrected chi connectivity index (χ2v) is 6.15. The molecule has 20 heavy (non-hydrogen) atoms. The number of rotatable bonds is 4. The third-order valence-electron chi connectivity index (χ3n) is 4.40. The summed E-state index contributed by atoms with van der Waals surface area (Å²) in [5, 5.41) is 12.8. The van der Waals surface area contributed by atoms with Crippen LogP contribution in [-0.2, 0) is 4.79 Å². The first kappa shape index (κ1) is 15.0. The van der Waals surface area contributed by atoms with Crippen molar-refractivity contribution in [3.63, 3.8) is 0 Å². The Hall–Kier alpha value is -1.35. The highest BCUT2D eigenvalue weighted by Gasteiger charge is 2.27. The third kappa shape index (κ3) is 3.60. The number of aliphatic carboxylic acids is 1. The minimum Gasteiger partial charge on any atom is -0.481 e. The van der Waals surface area contributed by atoms with E-state index >= 15 is 0 Å². The molecular formula is C17H25NO2. The lowest BCUT2D eigenvalue weighted by Crippen LogP contribution is -2.37. The van der Waals surface area contributed by atoms with E-state index in [0.717, 1.165) is 25.7 Å². The van der Waals surface area contributed by atoms with Crippen LogP contribution in [0.4, 0.5) is 0 Å². The van der Waals surface area contributed by atoms with Gasteiger partial charge in [0.05, 0.1) is 5.92 Å². The van der Waals surface area contributed by atoms with Gasteiger partial charge in [0.25, 0.3) is 0 Å². The van der Waals surface area contributed by atoms with Crippen molar-refractivity contribution < 1.29 is 9.90 Å². The number of carboxylic acid groups (broad SMARTS) is 1. The molecule has 110 valence electrons. The minimum absolute atomic E-state index is 0.174. The molecule has 0 radical (unpaired) electrons. The molecule has 1 aliphatic rings.